The number of nitrogens with one attached hydrogen (secondary N) is 1. The summed E-state index contributed by atoms with van der Waals surface area (Å²) < 4.78 is 27.4. The number of hydrazone groups is 1. The van der Waals surface area contributed by atoms with Crippen LogP contribution in [0.1, 0.15) is 31.0 Å². The Hall–Kier alpha value is -2.69. The molecule has 1 aromatic carbocycles. The Labute approximate surface area is 185 Å². The van der Waals surface area contributed by atoms with Crippen molar-refractivity contribution in [2.45, 2.75) is 32.5 Å². The summed E-state index contributed by atoms with van der Waals surface area (Å²) in [6, 6.07) is 5.57. The number of esters is 1. The molecule has 0 atom stereocenters. The Morgan fingerprint density at radius 1 is 1.39 bits per heavy atom. The number of aromatic nitrogens is 1. The van der Waals surface area contributed by atoms with Gasteiger partial charge in [-0.15, -0.1) is 11.3 Å². The minimum absolute atomic E-state index is 0.137. The summed E-state index contributed by atoms with van der Waals surface area (Å²) in [5.74, 6) is 0.902. The van der Waals surface area contributed by atoms with E-state index in [1.807, 2.05) is 18.2 Å². The van der Waals surface area contributed by atoms with Crippen LogP contribution in [-0.2, 0) is 25.4 Å². The molecule has 1 aliphatic rings. The smallest absolute Gasteiger partial charge is 0.311 e. The molecule has 0 amide bonds. The molecule has 168 valence electrons. The van der Waals surface area contributed by atoms with Gasteiger partial charge in [0.05, 0.1) is 51.9 Å². The van der Waals surface area contributed by atoms with Crippen molar-refractivity contribution >= 4 is 28.7 Å². The summed E-state index contributed by atoms with van der Waals surface area (Å²) in [6.45, 7) is 3.96. The average molecular weight is 450 g/mol. The van der Waals surface area contributed by atoms with Crippen molar-refractivity contribution in [1.29, 1.82) is 0 Å². The lowest BCUT2D eigenvalue weighted by Gasteiger charge is -2.23. The van der Waals surface area contributed by atoms with E-state index < -0.39 is 0 Å². The zero-order valence-electron chi connectivity index (χ0n) is 17.7. The molecular weight excluding hydrogens is 422 g/mol. The Morgan fingerprint density at radius 2 is 2.23 bits per heavy atom. The molecule has 10 heteroatoms. The van der Waals surface area contributed by atoms with Gasteiger partial charge in [0.1, 0.15) is 0 Å². The van der Waals surface area contributed by atoms with Crippen molar-refractivity contribution in [1.82, 2.24) is 4.98 Å². The number of para-hydroxylation sites is 1. The maximum atomic E-state index is 11.6. The number of hydrogen-bond donors (Lipinski definition) is 1. The van der Waals surface area contributed by atoms with Crippen molar-refractivity contribution in [3.05, 3.63) is 34.8 Å². The van der Waals surface area contributed by atoms with Crippen LogP contribution in [0, 0.1) is 0 Å². The normalized spacial score (nSPS) is 14.5. The van der Waals surface area contributed by atoms with Crippen molar-refractivity contribution in [2.75, 3.05) is 39.0 Å². The average Bonchev–Trinajstić information content (AvgIpc) is 3.22. The summed E-state index contributed by atoms with van der Waals surface area (Å²) in [5.41, 5.74) is 4.27. The highest BCUT2D eigenvalue weighted by molar-refractivity contribution is 7.13. The third-order valence-electron chi connectivity index (χ3n) is 4.27. The number of anilines is 1. The Morgan fingerprint density at radius 3 is 3.00 bits per heavy atom. The molecule has 1 fully saturated rings. The quantitative estimate of drug-likeness (QED) is 0.317. The largest absolute Gasteiger partial charge is 0.493 e. The van der Waals surface area contributed by atoms with Crippen LogP contribution in [0.15, 0.2) is 28.7 Å². The minimum Gasteiger partial charge on any atom is -0.493 e. The molecule has 1 N–H and O–H groups in total. The fourth-order valence-corrected chi connectivity index (χ4v) is 3.53. The monoisotopic (exact) mass is 449 g/mol. The van der Waals surface area contributed by atoms with Crippen LogP contribution in [-0.4, -0.2) is 57.0 Å². The van der Waals surface area contributed by atoms with E-state index in [2.05, 4.69) is 15.5 Å². The van der Waals surface area contributed by atoms with Crippen LogP contribution in [0.3, 0.4) is 0 Å². The lowest BCUT2D eigenvalue weighted by molar-refractivity contribution is -0.183. The highest BCUT2D eigenvalue weighted by atomic mass is 32.1. The molecule has 2 aromatic rings. The van der Waals surface area contributed by atoms with Gasteiger partial charge >= 0.3 is 5.97 Å². The predicted octanol–water partition coefficient (Wildman–Crippen LogP) is 3.24. The van der Waals surface area contributed by atoms with Crippen molar-refractivity contribution < 1.29 is 28.5 Å². The second-order valence-electron chi connectivity index (χ2n) is 6.54. The van der Waals surface area contributed by atoms with E-state index in [1.165, 1.54) is 11.3 Å². The topological polar surface area (TPSA) is 101 Å². The molecule has 3 rings (SSSR count). The maximum absolute atomic E-state index is 11.6. The number of hydrogen-bond acceptors (Lipinski definition) is 10. The van der Waals surface area contributed by atoms with Crippen molar-refractivity contribution in [3.63, 3.8) is 0 Å². The SMILES string of the molecule is CCOC(=O)Cc1csc(NN=Cc2cccc(OC)c2OCCC2OCCCO2)n1. The molecule has 1 aliphatic heterocycles. The van der Waals surface area contributed by atoms with Gasteiger partial charge in [0.2, 0.25) is 5.13 Å². The van der Waals surface area contributed by atoms with E-state index in [1.54, 1.807) is 25.6 Å². The maximum Gasteiger partial charge on any atom is 0.311 e. The molecular formula is C21H27N3O6S. The first-order valence-corrected chi connectivity index (χ1v) is 11.0. The first-order chi connectivity index (χ1) is 15.2. The summed E-state index contributed by atoms with van der Waals surface area (Å²) in [4.78, 5) is 15.9. The zero-order chi connectivity index (χ0) is 21.9. The number of methoxy groups -OCH3 is 1. The number of carbonyl (C=O) groups excluding carboxylic acids is 1. The van der Waals surface area contributed by atoms with Crippen LogP contribution in [0.4, 0.5) is 5.13 Å². The Bertz CT molecular complexity index is 867. The number of rotatable bonds is 11. The van der Waals surface area contributed by atoms with Crippen molar-refractivity contribution in [2.24, 2.45) is 5.10 Å². The molecule has 31 heavy (non-hydrogen) atoms. The molecule has 0 radical (unpaired) electrons. The van der Waals surface area contributed by atoms with Gasteiger partial charge in [0.25, 0.3) is 0 Å². The number of nitrogens with zero attached hydrogens (tertiary/aromatic N) is 2. The third-order valence-corrected chi connectivity index (χ3v) is 5.07. The number of carbonyl (C=O) groups is 1. The van der Waals surface area contributed by atoms with Gasteiger partial charge in [0.15, 0.2) is 17.8 Å². The molecule has 2 heterocycles. The van der Waals surface area contributed by atoms with E-state index in [0.29, 0.717) is 55.2 Å². The van der Waals surface area contributed by atoms with Crippen LogP contribution >= 0.6 is 11.3 Å². The van der Waals surface area contributed by atoms with Gasteiger partial charge in [-0.1, -0.05) is 6.07 Å². The summed E-state index contributed by atoms with van der Waals surface area (Å²) in [6.07, 6.45) is 3.07. The summed E-state index contributed by atoms with van der Waals surface area (Å²) >= 11 is 1.36. The van der Waals surface area contributed by atoms with Crippen LogP contribution in [0.5, 0.6) is 11.5 Å². The van der Waals surface area contributed by atoms with E-state index in [0.717, 1.165) is 12.0 Å². The highest BCUT2D eigenvalue weighted by Crippen LogP contribution is 2.30. The second kappa shape index (κ2) is 12.2. The molecule has 0 aliphatic carbocycles. The van der Waals surface area contributed by atoms with Gasteiger partial charge in [-0.05, 0) is 25.5 Å². The van der Waals surface area contributed by atoms with Crippen LogP contribution < -0.4 is 14.9 Å². The second-order valence-corrected chi connectivity index (χ2v) is 7.39. The highest BCUT2D eigenvalue weighted by Gasteiger charge is 2.16. The Kier molecular flexibility index (Phi) is 9.07. The lowest BCUT2D eigenvalue weighted by Crippen LogP contribution is -2.26. The summed E-state index contributed by atoms with van der Waals surface area (Å²) in [7, 11) is 1.59. The first kappa shape index (κ1) is 23.0. The molecule has 0 bridgehead atoms. The molecule has 0 saturated carbocycles. The molecule has 9 nitrogen and oxygen atoms in total. The predicted molar refractivity (Wildman–Crippen MR) is 117 cm³/mol. The first-order valence-electron chi connectivity index (χ1n) is 10.1. The van der Waals surface area contributed by atoms with Crippen molar-refractivity contribution in [3.8, 4) is 11.5 Å². The van der Waals surface area contributed by atoms with Gasteiger partial charge in [0, 0.05) is 17.4 Å². The van der Waals surface area contributed by atoms with Gasteiger partial charge in [-0.3, -0.25) is 10.2 Å². The standard InChI is InChI=1S/C21H27N3O6S/c1-3-27-18(25)12-16-14-31-21(23-16)24-22-13-15-6-4-7-17(26-2)20(15)30-11-8-19-28-9-5-10-29-19/h4,6-7,13-14,19H,3,5,8-12H2,1-2H3,(H,23,24). The number of ether oxygens (including phenoxy) is 5. The molecule has 0 spiro atoms. The van der Waals surface area contributed by atoms with E-state index >= 15 is 0 Å². The molecule has 1 aromatic heterocycles. The van der Waals surface area contributed by atoms with E-state index in [4.69, 9.17) is 23.7 Å². The summed E-state index contributed by atoms with van der Waals surface area (Å²) in [5, 5.41) is 6.62. The minimum atomic E-state index is -0.301. The van der Waals surface area contributed by atoms with E-state index in [-0.39, 0.29) is 18.7 Å². The molecule has 1 saturated heterocycles. The van der Waals surface area contributed by atoms with E-state index in [9.17, 15) is 4.79 Å². The van der Waals surface area contributed by atoms with Crippen LogP contribution in [0.25, 0.3) is 0 Å². The molecule has 0 unspecified atom stereocenters. The third kappa shape index (κ3) is 7.20. The Balaban J connectivity index is 1.58. The van der Waals surface area contributed by atoms with Gasteiger partial charge in [-0.2, -0.15) is 5.10 Å². The lowest BCUT2D eigenvalue weighted by atomic mass is 10.2. The fourth-order valence-electron chi connectivity index (χ4n) is 2.87. The number of benzene rings is 1. The van der Waals surface area contributed by atoms with Gasteiger partial charge in [-0.25, -0.2) is 4.98 Å². The van der Waals surface area contributed by atoms with Gasteiger partial charge < -0.3 is 23.7 Å². The van der Waals surface area contributed by atoms with Crippen LogP contribution in [0.2, 0.25) is 0 Å². The fraction of sp³-hybridized carbons (Fsp3) is 0.476. The zero-order valence-corrected chi connectivity index (χ0v) is 18.5. The number of thiazole rings is 1.